The lowest BCUT2D eigenvalue weighted by Gasteiger charge is -2.14. The molecule has 0 fully saturated rings. The maximum absolute atomic E-state index is 11.8. The van der Waals surface area contributed by atoms with E-state index in [9.17, 15) is 19.6 Å². The Balaban J connectivity index is 2.17. The number of hydrogen-bond donors (Lipinski definition) is 1. The molecule has 2 aromatic carbocycles. The summed E-state index contributed by atoms with van der Waals surface area (Å²) in [5, 5.41) is 10.4. The molecule has 0 heterocycles. The van der Waals surface area contributed by atoms with Crippen molar-refractivity contribution in [1.82, 2.24) is 0 Å². The number of nitro groups is 1. The minimum Gasteiger partial charge on any atom is -0.395 e. The predicted octanol–water partition coefficient (Wildman–Crippen LogP) is 3.81. The molecule has 110 valence electrons. The van der Waals surface area contributed by atoms with Crippen LogP contribution in [0.25, 0.3) is 0 Å². The van der Waals surface area contributed by atoms with Gasteiger partial charge in [0.05, 0.1) is 9.95 Å². The average molecular weight is 330 g/mol. The van der Waals surface area contributed by atoms with E-state index in [-0.39, 0.29) is 22.2 Å². The van der Waals surface area contributed by atoms with E-state index in [2.05, 4.69) is 0 Å². The zero-order valence-corrected chi connectivity index (χ0v) is 12.0. The van der Waals surface area contributed by atoms with Gasteiger partial charge in [0.25, 0.3) is 5.69 Å². The van der Waals surface area contributed by atoms with Crippen molar-refractivity contribution in [2.24, 2.45) is 0 Å². The third-order valence-electron chi connectivity index (χ3n) is 2.30. The van der Waals surface area contributed by atoms with Crippen LogP contribution in [0.15, 0.2) is 48.5 Å². The van der Waals surface area contributed by atoms with Gasteiger partial charge in [0.15, 0.2) is 5.75 Å². The van der Waals surface area contributed by atoms with Crippen molar-refractivity contribution in [3.63, 3.8) is 0 Å². The second kappa shape index (κ2) is 6.13. The molecule has 0 saturated carbocycles. The molecule has 0 aromatic heterocycles. The smallest absolute Gasteiger partial charge is 0.395 e. The number of phosphoric acid groups is 1. The lowest BCUT2D eigenvalue weighted by atomic mass is 10.3. The predicted molar refractivity (Wildman–Crippen MR) is 75.6 cm³/mol. The minimum absolute atomic E-state index is 0.140. The Hall–Kier alpha value is -2.08. The number of para-hydroxylation sites is 1. The fourth-order valence-electron chi connectivity index (χ4n) is 1.43. The molecular weight excluding hydrogens is 321 g/mol. The average Bonchev–Trinajstić information content (AvgIpc) is 2.41. The molecular formula is C12H9ClNO6P. The van der Waals surface area contributed by atoms with Crippen molar-refractivity contribution in [3.05, 3.63) is 63.7 Å². The van der Waals surface area contributed by atoms with Gasteiger partial charge in [-0.05, 0) is 18.2 Å². The molecule has 0 aliphatic rings. The van der Waals surface area contributed by atoms with Gasteiger partial charge in [-0.1, -0.05) is 29.8 Å². The number of hydrogen-bond acceptors (Lipinski definition) is 5. The Bertz CT molecular complexity index is 708. The van der Waals surface area contributed by atoms with Crippen LogP contribution in [-0.2, 0) is 4.57 Å². The molecule has 2 aromatic rings. The van der Waals surface area contributed by atoms with Crippen LogP contribution in [0.1, 0.15) is 0 Å². The number of non-ortho nitro benzene ring substituents is 1. The first-order chi connectivity index (χ1) is 9.87. The van der Waals surface area contributed by atoms with Crippen LogP contribution in [0.4, 0.5) is 5.69 Å². The van der Waals surface area contributed by atoms with Gasteiger partial charge < -0.3 is 9.05 Å². The summed E-state index contributed by atoms with van der Waals surface area (Å²) in [4.78, 5) is 19.6. The number of halogens is 1. The third-order valence-corrected chi connectivity index (χ3v) is 3.47. The molecule has 7 nitrogen and oxygen atoms in total. The van der Waals surface area contributed by atoms with Gasteiger partial charge in [-0.2, -0.15) is 0 Å². The second-order valence-electron chi connectivity index (χ2n) is 3.84. The molecule has 2 rings (SSSR count). The van der Waals surface area contributed by atoms with Gasteiger partial charge in [-0.15, -0.1) is 0 Å². The Morgan fingerprint density at radius 2 is 1.81 bits per heavy atom. The molecule has 0 bridgehead atoms. The maximum atomic E-state index is 11.8. The first kappa shape index (κ1) is 15.3. The van der Waals surface area contributed by atoms with E-state index in [0.717, 1.165) is 18.2 Å². The van der Waals surface area contributed by atoms with Gasteiger partial charge in [0, 0.05) is 12.1 Å². The van der Waals surface area contributed by atoms with Crippen molar-refractivity contribution in [2.45, 2.75) is 0 Å². The normalized spacial score (nSPS) is 13.2. The van der Waals surface area contributed by atoms with E-state index < -0.39 is 12.7 Å². The molecule has 0 saturated heterocycles. The molecule has 0 aliphatic carbocycles. The molecule has 21 heavy (non-hydrogen) atoms. The molecule has 0 radical (unpaired) electrons. The lowest BCUT2D eigenvalue weighted by molar-refractivity contribution is -0.384. The quantitative estimate of drug-likeness (QED) is 0.509. The van der Waals surface area contributed by atoms with Crippen LogP contribution in [0.3, 0.4) is 0 Å². The molecule has 0 spiro atoms. The van der Waals surface area contributed by atoms with Crippen LogP contribution >= 0.6 is 19.4 Å². The van der Waals surface area contributed by atoms with E-state index in [1.54, 1.807) is 18.2 Å². The minimum atomic E-state index is -4.46. The Morgan fingerprint density at radius 1 is 1.14 bits per heavy atom. The maximum Gasteiger partial charge on any atom is 0.584 e. The van der Waals surface area contributed by atoms with Crippen molar-refractivity contribution >= 4 is 25.1 Å². The van der Waals surface area contributed by atoms with Gasteiger partial charge in [0.1, 0.15) is 5.75 Å². The SMILES string of the molecule is O=[N+]([O-])c1ccc(OP(=O)(O)Oc2ccccc2)c(Cl)c1. The topological polar surface area (TPSA) is 98.9 Å². The Labute approximate surface area is 124 Å². The summed E-state index contributed by atoms with van der Waals surface area (Å²) in [7, 11) is -4.46. The summed E-state index contributed by atoms with van der Waals surface area (Å²) in [5.74, 6) is -0.0506. The summed E-state index contributed by atoms with van der Waals surface area (Å²) in [6.07, 6.45) is 0. The van der Waals surface area contributed by atoms with Crippen molar-refractivity contribution < 1.29 is 23.4 Å². The molecule has 1 unspecified atom stereocenters. The summed E-state index contributed by atoms with van der Waals surface area (Å²) >= 11 is 5.77. The van der Waals surface area contributed by atoms with E-state index >= 15 is 0 Å². The second-order valence-corrected chi connectivity index (χ2v) is 5.55. The van der Waals surface area contributed by atoms with Gasteiger partial charge in [-0.25, -0.2) is 4.57 Å². The number of benzene rings is 2. The van der Waals surface area contributed by atoms with Crippen molar-refractivity contribution in [1.29, 1.82) is 0 Å². The molecule has 1 N–H and O–H groups in total. The molecule has 0 aliphatic heterocycles. The Kier molecular flexibility index (Phi) is 4.47. The third kappa shape index (κ3) is 4.19. The zero-order chi connectivity index (χ0) is 15.5. The highest BCUT2D eigenvalue weighted by Crippen LogP contribution is 2.46. The van der Waals surface area contributed by atoms with Crippen LogP contribution in [0, 0.1) is 10.1 Å². The van der Waals surface area contributed by atoms with Crippen LogP contribution in [-0.4, -0.2) is 9.82 Å². The van der Waals surface area contributed by atoms with Crippen LogP contribution < -0.4 is 9.05 Å². The highest BCUT2D eigenvalue weighted by atomic mass is 35.5. The first-order valence-electron chi connectivity index (χ1n) is 5.58. The van der Waals surface area contributed by atoms with E-state index in [1.165, 1.54) is 12.1 Å². The number of nitro benzene ring substituents is 1. The molecule has 1 atom stereocenters. The zero-order valence-electron chi connectivity index (χ0n) is 10.4. The van der Waals surface area contributed by atoms with E-state index in [1.807, 2.05) is 0 Å². The van der Waals surface area contributed by atoms with Gasteiger partial charge in [-0.3, -0.25) is 15.0 Å². The number of phosphoric ester groups is 1. The number of nitrogens with zero attached hydrogens (tertiary/aromatic N) is 1. The highest BCUT2D eigenvalue weighted by molar-refractivity contribution is 7.48. The number of rotatable bonds is 5. The van der Waals surface area contributed by atoms with Gasteiger partial charge >= 0.3 is 7.82 Å². The van der Waals surface area contributed by atoms with Gasteiger partial charge in [0.2, 0.25) is 0 Å². The lowest BCUT2D eigenvalue weighted by Crippen LogP contribution is -2.00. The fourth-order valence-corrected chi connectivity index (χ4v) is 2.54. The van der Waals surface area contributed by atoms with E-state index in [4.69, 9.17) is 20.6 Å². The monoisotopic (exact) mass is 329 g/mol. The highest BCUT2D eigenvalue weighted by Gasteiger charge is 2.26. The van der Waals surface area contributed by atoms with Crippen molar-refractivity contribution in [3.8, 4) is 11.5 Å². The van der Waals surface area contributed by atoms with Crippen LogP contribution in [0.5, 0.6) is 11.5 Å². The first-order valence-corrected chi connectivity index (χ1v) is 7.46. The summed E-state index contributed by atoms with van der Waals surface area (Å²) < 4.78 is 21.5. The van der Waals surface area contributed by atoms with E-state index in [0.29, 0.717) is 0 Å². The standard InChI is InChI=1S/C12H9ClNO6P/c13-11-8-9(14(15)16)6-7-12(11)20-21(17,18)19-10-4-2-1-3-5-10/h1-8H,(H,17,18). The molecule has 0 amide bonds. The Morgan fingerprint density at radius 3 is 2.38 bits per heavy atom. The molecule has 9 heteroatoms. The van der Waals surface area contributed by atoms with Crippen LogP contribution in [0.2, 0.25) is 5.02 Å². The van der Waals surface area contributed by atoms with Crippen molar-refractivity contribution in [2.75, 3.05) is 0 Å². The summed E-state index contributed by atoms with van der Waals surface area (Å²) in [5.41, 5.74) is -0.260. The largest absolute Gasteiger partial charge is 0.584 e. The fraction of sp³-hybridized carbons (Fsp3) is 0. The summed E-state index contributed by atoms with van der Waals surface area (Å²) in [6.45, 7) is 0. The summed E-state index contributed by atoms with van der Waals surface area (Å²) in [6, 6.07) is 11.1.